The first-order valence-electron chi connectivity index (χ1n) is 9.67. The lowest BCUT2D eigenvalue weighted by molar-refractivity contribution is -0.298. The van der Waals surface area contributed by atoms with Crippen LogP contribution in [0.5, 0.6) is 0 Å². The predicted molar refractivity (Wildman–Crippen MR) is 93.1 cm³/mol. The lowest BCUT2D eigenvalue weighted by Crippen LogP contribution is -2.78. The first kappa shape index (κ1) is 16.9. The van der Waals surface area contributed by atoms with Gasteiger partial charge in [0.05, 0.1) is 6.10 Å². The van der Waals surface area contributed by atoms with Crippen molar-refractivity contribution >= 4 is 12.2 Å². The van der Waals surface area contributed by atoms with Crippen LogP contribution in [0.15, 0.2) is 17.1 Å². The van der Waals surface area contributed by atoms with Gasteiger partial charge in [-0.3, -0.25) is 4.99 Å². The van der Waals surface area contributed by atoms with E-state index < -0.39 is 23.3 Å². The zero-order valence-corrected chi connectivity index (χ0v) is 15.3. The van der Waals surface area contributed by atoms with Gasteiger partial charge < -0.3 is 20.1 Å². The van der Waals surface area contributed by atoms with Crippen molar-refractivity contribution in [2.24, 2.45) is 39.5 Å². The number of nitrogens with zero attached hydrogens (tertiary/aromatic N) is 1. The largest absolute Gasteiger partial charge is 0.459 e. The number of carbonyl (C=O) groups excluding carboxylic acids is 1. The van der Waals surface area contributed by atoms with Gasteiger partial charge in [0.2, 0.25) is 0 Å². The van der Waals surface area contributed by atoms with E-state index in [-0.39, 0.29) is 41.2 Å². The van der Waals surface area contributed by atoms with Gasteiger partial charge >= 0.3 is 5.97 Å². The molecule has 3 heterocycles. The van der Waals surface area contributed by atoms with Gasteiger partial charge in [0.25, 0.3) is 0 Å². The van der Waals surface area contributed by atoms with Crippen LogP contribution in [0.4, 0.5) is 0 Å². The summed E-state index contributed by atoms with van der Waals surface area (Å²) in [7, 11) is 0. The van der Waals surface area contributed by atoms with Crippen LogP contribution in [0.2, 0.25) is 0 Å². The Labute approximate surface area is 153 Å². The summed E-state index contributed by atoms with van der Waals surface area (Å²) in [5.74, 6) is -1.34. The molecule has 0 aromatic carbocycles. The van der Waals surface area contributed by atoms with Crippen molar-refractivity contribution in [1.82, 2.24) is 0 Å². The summed E-state index contributed by atoms with van der Waals surface area (Å²) in [4.78, 5) is 16.7. The molecule has 6 heteroatoms. The van der Waals surface area contributed by atoms with Crippen LogP contribution < -0.4 is 0 Å². The van der Waals surface area contributed by atoms with E-state index in [0.717, 1.165) is 6.42 Å². The second-order valence-electron chi connectivity index (χ2n) is 9.78. The third-order valence-corrected chi connectivity index (χ3v) is 8.29. The number of rotatable bonds is 0. The minimum atomic E-state index is -1.59. The predicted octanol–water partition coefficient (Wildman–Crippen LogP) is 1.04. The number of aliphatic imine (C=N–C) groups is 1. The maximum atomic E-state index is 12.3. The second-order valence-corrected chi connectivity index (χ2v) is 9.78. The first-order chi connectivity index (χ1) is 12.1. The summed E-state index contributed by atoms with van der Waals surface area (Å²) in [6.45, 7) is 8.04. The van der Waals surface area contributed by atoms with E-state index in [1.54, 1.807) is 6.21 Å². The third kappa shape index (κ3) is 1.69. The highest BCUT2D eigenvalue weighted by Crippen LogP contribution is 2.69. The van der Waals surface area contributed by atoms with Crippen molar-refractivity contribution in [2.45, 2.75) is 63.6 Å². The van der Waals surface area contributed by atoms with Crippen LogP contribution in [0.3, 0.4) is 0 Å². The van der Waals surface area contributed by atoms with Gasteiger partial charge in [-0.15, -0.1) is 0 Å². The normalized spacial score (nSPS) is 56.6. The zero-order valence-electron chi connectivity index (χ0n) is 15.3. The number of esters is 1. The van der Waals surface area contributed by atoms with Gasteiger partial charge in [-0.2, -0.15) is 0 Å². The summed E-state index contributed by atoms with van der Waals surface area (Å²) in [6, 6.07) is 0. The van der Waals surface area contributed by atoms with Crippen molar-refractivity contribution in [3.63, 3.8) is 0 Å². The van der Waals surface area contributed by atoms with E-state index in [4.69, 9.17) is 4.74 Å². The van der Waals surface area contributed by atoms with Crippen molar-refractivity contribution in [3.8, 4) is 0 Å². The molecule has 1 saturated heterocycles. The third-order valence-electron chi connectivity index (χ3n) is 8.29. The summed E-state index contributed by atoms with van der Waals surface area (Å²) in [5.41, 5.74) is -2.18. The number of hydrogen-bond donors (Lipinski definition) is 3. The second kappa shape index (κ2) is 4.78. The van der Waals surface area contributed by atoms with Gasteiger partial charge in [0.15, 0.2) is 5.72 Å². The molecular weight excluding hydrogens is 334 g/mol. The number of hydrogen-bond acceptors (Lipinski definition) is 6. The lowest BCUT2D eigenvalue weighted by atomic mass is 9.38. The van der Waals surface area contributed by atoms with Crippen molar-refractivity contribution in [2.75, 3.05) is 0 Å². The van der Waals surface area contributed by atoms with Crippen LogP contribution in [0.1, 0.15) is 39.5 Å². The van der Waals surface area contributed by atoms with Crippen LogP contribution in [0.25, 0.3) is 0 Å². The molecule has 0 aromatic rings. The maximum absolute atomic E-state index is 12.3. The molecule has 4 bridgehead atoms. The van der Waals surface area contributed by atoms with Gasteiger partial charge in [0.1, 0.15) is 12.2 Å². The topological polar surface area (TPSA) is 99.4 Å². The Morgan fingerprint density at radius 3 is 2.77 bits per heavy atom. The minimum absolute atomic E-state index is 0.0585. The minimum Gasteiger partial charge on any atom is -0.459 e. The van der Waals surface area contributed by atoms with Gasteiger partial charge in [-0.05, 0) is 37.0 Å². The fraction of sp³-hybridized carbons (Fsp3) is 0.800. The fourth-order valence-corrected chi connectivity index (χ4v) is 7.16. The molecule has 0 aromatic heterocycles. The number of ether oxygens (including phenoxy) is 1. The highest BCUT2D eigenvalue weighted by Gasteiger charge is 2.76. The monoisotopic (exact) mass is 361 g/mol. The average Bonchev–Trinajstić information content (AvgIpc) is 2.58. The van der Waals surface area contributed by atoms with Crippen LogP contribution in [0, 0.1) is 34.5 Å². The van der Waals surface area contributed by atoms with E-state index in [1.807, 2.05) is 0 Å². The quantitative estimate of drug-likeness (QED) is 0.442. The molecule has 0 amide bonds. The summed E-state index contributed by atoms with van der Waals surface area (Å²) < 4.78 is 5.73. The molecule has 9 atom stereocenters. The van der Waals surface area contributed by atoms with Crippen LogP contribution in [-0.2, 0) is 9.53 Å². The van der Waals surface area contributed by atoms with E-state index in [2.05, 4.69) is 25.4 Å². The van der Waals surface area contributed by atoms with E-state index in [1.165, 1.54) is 0 Å². The molecule has 0 radical (unpaired) electrons. The first-order valence-corrected chi connectivity index (χ1v) is 9.67. The molecular formula is C20H27NO5. The SMILES string of the molecule is C=C1C(=O)OC2CC1C[C@H]1[C@@H]2[C@@]23C=NC1(O)[C@@H](O)[C@@H]2C(C)(C)CC[C@@H]3O. The number of fused-ring (bicyclic) bond motifs is 2. The zero-order chi connectivity index (χ0) is 18.6. The average molecular weight is 361 g/mol. The molecule has 6 aliphatic rings. The lowest BCUT2D eigenvalue weighted by Gasteiger charge is -2.70. The van der Waals surface area contributed by atoms with Crippen LogP contribution in [-0.4, -0.2) is 51.5 Å². The summed E-state index contributed by atoms with van der Waals surface area (Å²) >= 11 is 0. The molecule has 3 aliphatic heterocycles. The highest BCUT2D eigenvalue weighted by molar-refractivity contribution is 5.89. The number of carbonyl (C=O) groups is 1. The van der Waals surface area contributed by atoms with Crippen molar-refractivity contribution in [3.05, 3.63) is 12.2 Å². The van der Waals surface area contributed by atoms with E-state index in [0.29, 0.717) is 24.8 Å². The van der Waals surface area contributed by atoms with Crippen molar-refractivity contribution in [1.29, 1.82) is 0 Å². The smallest absolute Gasteiger partial charge is 0.333 e. The molecule has 3 unspecified atom stereocenters. The Bertz CT molecular complexity index is 732. The molecule has 3 N–H and O–H groups in total. The Balaban J connectivity index is 1.71. The Hall–Kier alpha value is -1.24. The number of aliphatic hydroxyl groups excluding tert-OH is 2. The summed E-state index contributed by atoms with van der Waals surface area (Å²) in [5, 5.41) is 33.8. The van der Waals surface area contributed by atoms with Crippen LogP contribution >= 0.6 is 0 Å². The maximum Gasteiger partial charge on any atom is 0.333 e. The van der Waals surface area contributed by atoms with Gasteiger partial charge in [0, 0.05) is 35.0 Å². The Kier molecular flexibility index (Phi) is 3.10. The Morgan fingerprint density at radius 2 is 2.04 bits per heavy atom. The van der Waals surface area contributed by atoms with Crippen molar-refractivity contribution < 1.29 is 24.9 Å². The Morgan fingerprint density at radius 1 is 1.31 bits per heavy atom. The summed E-state index contributed by atoms with van der Waals surface area (Å²) in [6.07, 6.45) is 2.21. The highest BCUT2D eigenvalue weighted by atomic mass is 16.5. The standard InChI is InChI=1S/C20H27NO5/c1-9-10-6-11-14(12(7-10)26-17(9)24)19-8-21-20(11,25)16(23)15(19)18(2,3)5-4-13(19)22/h8,10-16,22-23,25H,1,4-7H2,2-3H3/t10?,11-,12?,13-,14-,15+,16-,19-,20?/m0/s1. The van der Waals surface area contributed by atoms with Gasteiger partial charge in [-0.1, -0.05) is 20.4 Å². The molecule has 142 valence electrons. The van der Waals surface area contributed by atoms with E-state index in [9.17, 15) is 20.1 Å². The van der Waals surface area contributed by atoms with E-state index >= 15 is 0 Å². The molecule has 1 spiro atoms. The molecule has 26 heavy (non-hydrogen) atoms. The fourth-order valence-electron chi connectivity index (χ4n) is 7.16. The molecule has 6 rings (SSSR count). The molecule has 4 fully saturated rings. The molecule has 3 aliphatic carbocycles. The van der Waals surface area contributed by atoms with Gasteiger partial charge in [-0.25, -0.2) is 4.79 Å². The molecule has 3 saturated carbocycles. The number of aliphatic hydroxyl groups is 3. The molecule has 6 nitrogen and oxygen atoms in total.